The molecular formula is C16H26N2OS. The fourth-order valence-electron chi connectivity index (χ4n) is 2.87. The molecule has 2 rings (SSSR count). The maximum Gasteiger partial charge on any atom is 0.317 e. The average Bonchev–Trinajstić information content (AvgIpc) is 3.07. The van der Waals surface area contributed by atoms with Crippen LogP contribution in [0.3, 0.4) is 0 Å². The molecule has 1 N–H and O–H groups in total. The molecule has 0 bridgehead atoms. The normalized spacial score (nSPS) is 15.5. The molecule has 0 spiro atoms. The number of nitrogens with zero attached hydrogens (tertiary/aromatic N) is 1. The summed E-state index contributed by atoms with van der Waals surface area (Å²) >= 11 is 1.72. The number of amides is 2. The second kappa shape index (κ2) is 7.67. The lowest BCUT2D eigenvalue weighted by Gasteiger charge is -2.18. The Labute approximate surface area is 126 Å². The Morgan fingerprint density at radius 1 is 1.45 bits per heavy atom. The summed E-state index contributed by atoms with van der Waals surface area (Å²) in [5.41, 5.74) is 1.27. The van der Waals surface area contributed by atoms with Gasteiger partial charge in [-0.25, -0.2) is 4.79 Å². The molecule has 3 nitrogen and oxygen atoms in total. The third-order valence-electron chi connectivity index (χ3n) is 4.24. The predicted molar refractivity (Wildman–Crippen MR) is 85.1 cm³/mol. The van der Waals surface area contributed by atoms with Gasteiger partial charge in [0.1, 0.15) is 0 Å². The minimum absolute atomic E-state index is 0.0456. The molecule has 0 atom stereocenters. The van der Waals surface area contributed by atoms with Crippen molar-refractivity contribution >= 4 is 17.4 Å². The van der Waals surface area contributed by atoms with Gasteiger partial charge in [0.2, 0.25) is 0 Å². The van der Waals surface area contributed by atoms with Gasteiger partial charge >= 0.3 is 6.03 Å². The number of rotatable bonds is 6. The summed E-state index contributed by atoms with van der Waals surface area (Å²) in [7, 11) is 1.87. The smallest absolute Gasteiger partial charge is 0.317 e. The summed E-state index contributed by atoms with van der Waals surface area (Å²) in [5.74, 6) is 0.915. The van der Waals surface area contributed by atoms with Crippen molar-refractivity contribution in [3.63, 3.8) is 0 Å². The maximum absolute atomic E-state index is 12.0. The summed E-state index contributed by atoms with van der Waals surface area (Å²) in [5, 5.41) is 5.11. The van der Waals surface area contributed by atoms with E-state index in [1.54, 1.807) is 16.2 Å². The molecule has 20 heavy (non-hydrogen) atoms. The zero-order valence-electron chi connectivity index (χ0n) is 12.7. The van der Waals surface area contributed by atoms with Crippen molar-refractivity contribution in [3.05, 3.63) is 21.9 Å². The first kappa shape index (κ1) is 15.4. The van der Waals surface area contributed by atoms with Crippen LogP contribution in [0.1, 0.15) is 49.0 Å². The molecule has 0 unspecified atom stereocenters. The number of thiophene rings is 1. The third kappa shape index (κ3) is 4.51. The monoisotopic (exact) mass is 294 g/mol. The minimum Gasteiger partial charge on any atom is -0.338 e. The van der Waals surface area contributed by atoms with Gasteiger partial charge in [0, 0.05) is 18.5 Å². The van der Waals surface area contributed by atoms with Gasteiger partial charge in [-0.1, -0.05) is 25.7 Å². The van der Waals surface area contributed by atoms with Crippen LogP contribution in [0.15, 0.2) is 11.4 Å². The highest BCUT2D eigenvalue weighted by atomic mass is 32.1. The molecule has 0 saturated heterocycles. The Hall–Kier alpha value is -1.03. The first-order valence-electron chi connectivity index (χ1n) is 7.68. The summed E-state index contributed by atoms with van der Waals surface area (Å²) in [6.45, 7) is 3.61. The van der Waals surface area contributed by atoms with Crippen LogP contribution in [0.5, 0.6) is 0 Å². The van der Waals surface area contributed by atoms with Gasteiger partial charge in [0.25, 0.3) is 0 Å². The van der Waals surface area contributed by atoms with E-state index in [0.29, 0.717) is 6.54 Å². The molecule has 0 aromatic carbocycles. The molecule has 1 aromatic heterocycles. The van der Waals surface area contributed by atoms with E-state index in [2.05, 4.69) is 23.7 Å². The number of aryl methyl sites for hydroxylation is 1. The van der Waals surface area contributed by atoms with Crippen LogP contribution in [0.4, 0.5) is 4.79 Å². The molecule has 1 fully saturated rings. The van der Waals surface area contributed by atoms with Crippen molar-refractivity contribution in [3.8, 4) is 0 Å². The number of carbonyl (C=O) groups is 1. The molecule has 1 aromatic rings. The maximum atomic E-state index is 12.0. The van der Waals surface area contributed by atoms with Crippen LogP contribution in [0.25, 0.3) is 0 Å². The molecule has 4 heteroatoms. The molecule has 112 valence electrons. The highest BCUT2D eigenvalue weighted by Crippen LogP contribution is 2.28. The lowest BCUT2D eigenvalue weighted by molar-refractivity contribution is 0.207. The van der Waals surface area contributed by atoms with E-state index in [1.165, 1.54) is 42.5 Å². The second-order valence-electron chi connectivity index (χ2n) is 5.91. The molecule has 0 radical (unpaired) electrons. The van der Waals surface area contributed by atoms with Gasteiger partial charge in [-0.05, 0) is 42.7 Å². The Balaban J connectivity index is 1.62. The van der Waals surface area contributed by atoms with Crippen LogP contribution in [0, 0.1) is 12.8 Å². The molecule has 0 aliphatic heterocycles. The predicted octanol–water partition coefficient (Wildman–Crippen LogP) is 4.17. The summed E-state index contributed by atoms with van der Waals surface area (Å²) in [4.78, 5) is 15.0. The number of carbonyl (C=O) groups excluding carboxylic acids is 1. The van der Waals surface area contributed by atoms with Gasteiger partial charge in [0.15, 0.2) is 0 Å². The zero-order chi connectivity index (χ0) is 14.4. The number of hydrogen-bond acceptors (Lipinski definition) is 2. The highest BCUT2D eigenvalue weighted by molar-refractivity contribution is 7.10. The van der Waals surface area contributed by atoms with Crippen molar-refractivity contribution in [2.45, 2.75) is 52.0 Å². The topological polar surface area (TPSA) is 32.3 Å². The molecule has 1 aliphatic rings. The highest BCUT2D eigenvalue weighted by Gasteiger charge is 2.15. The van der Waals surface area contributed by atoms with E-state index in [1.807, 2.05) is 7.05 Å². The largest absolute Gasteiger partial charge is 0.338 e. The molecule has 2 amide bonds. The number of hydrogen-bond donors (Lipinski definition) is 1. The first-order chi connectivity index (χ1) is 9.66. The van der Waals surface area contributed by atoms with Crippen LogP contribution in [-0.2, 0) is 6.54 Å². The lowest BCUT2D eigenvalue weighted by Crippen LogP contribution is -2.37. The fraction of sp³-hybridized carbons (Fsp3) is 0.688. The Morgan fingerprint density at radius 2 is 2.20 bits per heavy atom. The van der Waals surface area contributed by atoms with Gasteiger partial charge in [-0.2, -0.15) is 0 Å². The van der Waals surface area contributed by atoms with Crippen molar-refractivity contribution in [2.75, 3.05) is 13.6 Å². The molecule has 1 saturated carbocycles. The Bertz CT molecular complexity index is 424. The van der Waals surface area contributed by atoms with E-state index >= 15 is 0 Å². The van der Waals surface area contributed by atoms with Crippen molar-refractivity contribution in [1.82, 2.24) is 10.2 Å². The van der Waals surface area contributed by atoms with Gasteiger partial charge in [0.05, 0.1) is 6.54 Å². The number of nitrogens with one attached hydrogen (secondary N) is 1. The van der Waals surface area contributed by atoms with Gasteiger partial charge < -0.3 is 10.2 Å². The van der Waals surface area contributed by atoms with E-state index in [-0.39, 0.29) is 6.03 Å². The van der Waals surface area contributed by atoms with E-state index in [0.717, 1.165) is 18.9 Å². The van der Waals surface area contributed by atoms with Crippen LogP contribution < -0.4 is 5.32 Å². The Morgan fingerprint density at radius 3 is 2.85 bits per heavy atom. The third-order valence-corrected chi connectivity index (χ3v) is 5.24. The summed E-state index contributed by atoms with van der Waals surface area (Å²) in [6, 6.07) is 2.15. The average molecular weight is 294 g/mol. The van der Waals surface area contributed by atoms with Gasteiger partial charge in [-0.3, -0.25) is 0 Å². The van der Waals surface area contributed by atoms with E-state index < -0.39 is 0 Å². The van der Waals surface area contributed by atoms with Crippen molar-refractivity contribution < 1.29 is 4.79 Å². The first-order valence-corrected chi connectivity index (χ1v) is 8.56. The standard InChI is InChI=1S/C16H26N2OS/c1-13-9-11-20-15(13)12-18(2)16(19)17-10-5-8-14-6-3-4-7-14/h9,11,14H,3-8,10,12H2,1-2H3,(H,17,19). The Kier molecular flexibility index (Phi) is 5.89. The lowest BCUT2D eigenvalue weighted by atomic mass is 10.0. The van der Waals surface area contributed by atoms with E-state index in [9.17, 15) is 4.79 Å². The minimum atomic E-state index is 0.0456. The fourth-order valence-corrected chi connectivity index (χ4v) is 3.83. The SMILES string of the molecule is Cc1ccsc1CN(C)C(=O)NCCCC1CCCC1. The van der Waals surface area contributed by atoms with E-state index in [4.69, 9.17) is 0 Å². The quantitative estimate of drug-likeness (QED) is 0.785. The van der Waals surface area contributed by atoms with Crippen LogP contribution in [0.2, 0.25) is 0 Å². The van der Waals surface area contributed by atoms with Crippen molar-refractivity contribution in [1.29, 1.82) is 0 Å². The molecule has 1 aliphatic carbocycles. The van der Waals surface area contributed by atoms with Crippen LogP contribution in [-0.4, -0.2) is 24.5 Å². The second-order valence-corrected chi connectivity index (χ2v) is 6.91. The van der Waals surface area contributed by atoms with Crippen molar-refractivity contribution in [2.24, 2.45) is 5.92 Å². The van der Waals surface area contributed by atoms with Crippen LogP contribution >= 0.6 is 11.3 Å². The summed E-state index contributed by atoms with van der Waals surface area (Å²) < 4.78 is 0. The molecule has 1 heterocycles. The zero-order valence-corrected chi connectivity index (χ0v) is 13.5. The number of urea groups is 1. The van der Waals surface area contributed by atoms with Gasteiger partial charge in [-0.15, -0.1) is 11.3 Å². The summed E-state index contributed by atoms with van der Waals surface area (Å²) in [6.07, 6.45) is 7.98. The molecular weight excluding hydrogens is 268 g/mol.